The fourth-order valence-electron chi connectivity index (χ4n) is 2.54. The fraction of sp³-hybridized carbons (Fsp3) is 0.188. The molecule has 1 heterocycles. The topological polar surface area (TPSA) is 58.4 Å². The zero-order chi connectivity index (χ0) is 14.1. The number of carbonyl (C=O) groups excluding carboxylic acids is 1. The summed E-state index contributed by atoms with van der Waals surface area (Å²) in [5.74, 6) is 0.00394. The number of hydrogen-bond acceptors (Lipinski definition) is 3. The van der Waals surface area contributed by atoms with Gasteiger partial charge >= 0.3 is 0 Å². The SMILES string of the molecule is Cc1cc(N2CC(=O)Nc3ccccc32)ccc1CN. The molecule has 2 aromatic carbocycles. The predicted molar refractivity (Wildman–Crippen MR) is 81.1 cm³/mol. The van der Waals surface area contributed by atoms with Crippen molar-refractivity contribution in [3.63, 3.8) is 0 Å². The molecule has 0 radical (unpaired) electrons. The third-order valence-electron chi connectivity index (χ3n) is 3.63. The summed E-state index contributed by atoms with van der Waals surface area (Å²) in [4.78, 5) is 13.9. The lowest BCUT2D eigenvalue weighted by Gasteiger charge is -2.31. The van der Waals surface area contributed by atoms with Crippen molar-refractivity contribution in [1.82, 2.24) is 0 Å². The van der Waals surface area contributed by atoms with Gasteiger partial charge in [0.25, 0.3) is 0 Å². The van der Waals surface area contributed by atoms with E-state index in [-0.39, 0.29) is 5.91 Å². The van der Waals surface area contributed by atoms with Gasteiger partial charge in [-0.1, -0.05) is 18.2 Å². The molecule has 4 heteroatoms. The molecular weight excluding hydrogens is 250 g/mol. The molecule has 1 amide bonds. The number of rotatable bonds is 2. The van der Waals surface area contributed by atoms with E-state index >= 15 is 0 Å². The maximum Gasteiger partial charge on any atom is 0.244 e. The van der Waals surface area contributed by atoms with Gasteiger partial charge in [-0.2, -0.15) is 0 Å². The highest BCUT2D eigenvalue weighted by atomic mass is 16.2. The van der Waals surface area contributed by atoms with Crippen LogP contribution < -0.4 is 16.0 Å². The minimum atomic E-state index is 0.00394. The summed E-state index contributed by atoms with van der Waals surface area (Å²) in [6.45, 7) is 2.91. The van der Waals surface area contributed by atoms with E-state index in [1.54, 1.807) is 0 Å². The van der Waals surface area contributed by atoms with Crippen LogP contribution in [0.15, 0.2) is 42.5 Å². The minimum absolute atomic E-state index is 0.00394. The van der Waals surface area contributed by atoms with Crippen LogP contribution >= 0.6 is 0 Å². The maximum absolute atomic E-state index is 11.8. The highest BCUT2D eigenvalue weighted by molar-refractivity contribution is 6.03. The van der Waals surface area contributed by atoms with Crippen LogP contribution in [0, 0.1) is 6.92 Å². The third-order valence-corrected chi connectivity index (χ3v) is 3.63. The minimum Gasteiger partial charge on any atom is -0.330 e. The van der Waals surface area contributed by atoms with E-state index in [1.165, 1.54) is 0 Å². The van der Waals surface area contributed by atoms with E-state index in [0.29, 0.717) is 13.1 Å². The normalized spacial score (nSPS) is 13.9. The third kappa shape index (κ3) is 2.14. The molecule has 0 aliphatic carbocycles. The number of aryl methyl sites for hydroxylation is 1. The quantitative estimate of drug-likeness (QED) is 0.879. The van der Waals surface area contributed by atoms with Gasteiger partial charge in [-0.05, 0) is 42.3 Å². The van der Waals surface area contributed by atoms with Gasteiger partial charge in [-0.25, -0.2) is 0 Å². The molecule has 0 fully saturated rings. The van der Waals surface area contributed by atoms with E-state index < -0.39 is 0 Å². The molecule has 0 unspecified atom stereocenters. The molecule has 1 aliphatic rings. The first-order valence-corrected chi connectivity index (χ1v) is 6.65. The first kappa shape index (κ1) is 12.7. The van der Waals surface area contributed by atoms with Gasteiger partial charge in [0.1, 0.15) is 6.54 Å². The standard InChI is InChI=1S/C16H17N3O/c1-11-8-13(7-6-12(11)9-17)19-10-16(20)18-14-4-2-3-5-15(14)19/h2-8H,9-10,17H2,1H3,(H,18,20). The van der Waals surface area contributed by atoms with Crippen LogP contribution in [0.5, 0.6) is 0 Å². The number of benzene rings is 2. The Hall–Kier alpha value is -2.33. The van der Waals surface area contributed by atoms with Gasteiger partial charge < -0.3 is 16.0 Å². The summed E-state index contributed by atoms with van der Waals surface area (Å²) < 4.78 is 0. The summed E-state index contributed by atoms with van der Waals surface area (Å²) in [6, 6.07) is 14.0. The first-order valence-electron chi connectivity index (χ1n) is 6.65. The molecule has 0 spiro atoms. The van der Waals surface area contributed by atoms with Crippen molar-refractivity contribution >= 4 is 23.0 Å². The second kappa shape index (κ2) is 4.98. The van der Waals surface area contributed by atoms with Crippen LogP contribution in [0.1, 0.15) is 11.1 Å². The monoisotopic (exact) mass is 267 g/mol. The molecule has 102 valence electrons. The summed E-state index contributed by atoms with van der Waals surface area (Å²) in [5.41, 5.74) is 10.9. The number of carbonyl (C=O) groups is 1. The Kier molecular flexibility index (Phi) is 3.16. The number of nitrogens with zero attached hydrogens (tertiary/aromatic N) is 1. The van der Waals surface area contributed by atoms with Gasteiger partial charge in [0.2, 0.25) is 5.91 Å². The van der Waals surface area contributed by atoms with Crippen molar-refractivity contribution in [3.8, 4) is 0 Å². The molecule has 0 aromatic heterocycles. The molecule has 0 atom stereocenters. The molecule has 4 nitrogen and oxygen atoms in total. The smallest absolute Gasteiger partial charge is 0.244 e. The summed E-state index contributed by atoms with van der Waals surface area (Å²) in [7, 11) is 0. The molecule has 3 N–H and O–H groups in total. The van der Waals surface area contributed by atoms with Crippen LogP contribution in [0.3, 0.4) is 0 Å². The zero-order valence-corrected chi connectivity index (χ0v) is 11.4. The maximum atomic E-state index is 11.8. The van der Waals surface area contributed by atoms with Crippen LogP contribution in [0.4, 0.5) is 17.1 Å². The van der Waals surface area contributed by atoms with E-state index in [2.05, 4.69) is 11.4 Å². The van der Waals surface area contributed by atoms with E-state index in [4.69, 9.17) is 5.73 Å². The van der Waals surface area contributed by atoms with E-state index in [1.807, 2.05) is 48.2 Å². The van der Waals surface area contributed by atoms with Crippen molar-refractivity contribution in [3.05, 3.63) is 53.6 Å². The number of nitrogens with one attached hydrogen (secondary N) is 1. The number of nitrogens with two attached hydrogens (primary N) is 1. The molecule has 0 saturated carbocycles. The van der Waals surface area contributed by atoms with Crippen molar-refractivity contribution in [1.29, 1.82) is 0 Å². The van der Waals surface area contributed by atoms with Gasteiger partial charge in [0.15, 0.2) is 0 Å². The molecule has 0 bridgehead atoms. The lowest BCUT2D eigenvalue weighted by molar-refractivity contribution is -0.115. The lowest BCUT2D eigenvalue weighted by Crippen LogP contribution is -2.35. The largest absolute Gasteiger partial charge is 0.330 e. The molecule has 3 rings (SSSR count). The Bertz CT molecular complexity index is 667. The number of anilines is 3. The van der Waals surface area contributed by atoms with Crippen molar-refractivity contribution in [2.45, 2.75) is 13.5 Å². The molecule has 0 saturated heterocycles. The number of hydrogen-bond donors (Lipinski definition) is 2. The van der Waals surface area contributed by atoms with Crippen LogP contribution in [-0.2, 0) is 11.3 Å². The first-order chi connectivity index (χ1) is 9.69. The van der Waals surface area contributed by atoms with Crippen molar-refractivity contribution in [2.75, 3.05) is 16.8 Å². The Morgan fingerprint density at radius 2 is 2.05 bits per heavy atom. The number of amides is 1. The Balaban J connectivity index is 2.06. The Morgan fingerprint density at radius 3 is 2.80 bits per heavy atom. The van der Waals surface area contributed by atoms with E-state index in [0.717, 1.165) is 28.2 Å². The van der Waals surface area contributed by atoms with Crippen molar-refractivity contribution < 1.29 is 4.79 Å². The Morgan fingerprint density at radius 1 is 1.25 bits per heavy atom. The Labute approximate surface area is 118 Å². The van der Waals surface area contributed by atoms with Crippen LogP contribution in [-0.4, -0.2) is 12.5 Å². The predicted octanol–water partition coefficient (Wildman–Crippen LogP) is 2.54. The second-order valence-corrected chi connectivity index (χ2v) is 4.97. The van der Waals surface area contributed by atoms with Gasteiger partial charge in [-0.3, -0.25) is 4.79 Å². The average Bonchev–Trinajstić information content (AvgIpc) is 2.46. The van der Waals surface area contributed by atoms with Crippen molar-refractivity contribution in [2.24, 2.45) is 5.73 Å². The molecular formula is C16H17N3O. The molecule has 20 heavy (non-hydrogen) atoms. The highest BCUT2D eigenvalue weighted by Gasteiger charge is 2.22. The highest BCUT2D eigenvalue weighted by Crippen LogP contribution is 2.35. The lowest BCUT2D eigenvalue weighted by atomic mass is 10.1. The fourth-order valence-corrected chi connectivity index (χ4v) is 2.54. The second-order valence-electron chi connectivity index (χ2n) is 4.97. The summed E-state index contributed by atoms with van der Waals surface area (Å²) >= 11 is 0. The summed E-state index contributed by atoms with van der Waals surface area (Å²) in [6.07, 6.45) is 0. The molecule has 1 aliphatic heterocycles. The van der Waals surface area contributed by atoms with Crippen LogP contribution in [0.25, 0.3) is 0 Å². The van der Waals surface area contributed by atoms with Gasteiger partial charge in [0, 0.05) is 12.2 Å². The average molecular weight is 267 g/mol. The van der Waals surface area contributed by atoms with Crippen LogP contribution in [0.2, 0.25) is 0 Å². The van der Waals surface area contributed by atoms with Gasteiger partial charge in [-0.15, -0.1) is 0 Å². The van der Waals surface area contributed by atoms with Gasteiger partial charge in [0.05, 0.1) is 11.4 Å². The number of para-hydroxylation sites is 2. The summed E-state index contributed by atoms with van der Waals surface area (Å²) in [5, 5.41) is 2.90. The molecule has 2 aromatic rings. The zero-order valence-electron chi connectivity index (χ0n) is 11.4. The van der Waals surface area contributed by atoms with E-state index in [9.17, 15) is 4.79 Å². The number of fused-ring (bicyclic) bond motifs is 1.